The van der Waals surface area contributed by atoms with E-state index >= 15 is 0 Å². The third-order valence-electron chi connectivity index (χ3n) is 4.47. The van der Waals surface area contributed by atoms with Gasteiger partial charge in [-0.2, -0.15) is 0 Å². The van der Waals surface area contributed by atoms with Gasteiger partial charge in [0.1, 0.15) is 5.70 Å². The Labute approximate surface area is 137 Å². The first-order chi connectivity index (χ1) is 11.1. The number of carbonyl (C=O) groups is 2. The second kappa shape index (κ2) is 6.54. The van der Waals surface area contributed by atoms with E-state index in [1.54, 1.807) is 0 Å². The van der Waals surface area contributed by atoms with E-state index in [0.717, 1.165) is 38.2 Å². The zero-order valence-corrected chi connectivity index (χ0v) is 13.8. The molecule has 2 heterocycles. The Morgan fingerprint density at radius 1 is 0.957 bits per heavy atom. The number of hydrogen-bond donors (Lipinski definition) is 0. The van der Waals surface area contributed by atoms with Gasteiger partial charge in [0.25, 0.3) is 11.8 Å². The van der Waals surface area contributed by atoms with E-state index in [1.807, 2.05) is 37.3 Å². The summed E-state index contributed by atoms with van der Waals surface area (Å²) in [5.74, 6) is -0.294. The number of carbonyl (C=O) groups excluding carboxylic acids is 2. The number of imide groups is 1. The molecule has 3 rings (SSSR count). The summed E-state index contributed by atoms with van der Waals surface area (Å²) >= 11 is 0. The van der Waals surface area contributed by atoms with Crippen LogP contribution in [0.25, 0.3) is 5.57 Å². The quantitative estimate of drug-likeness (QED) is 0.789. The number of nitrogens with zero attached hydrogens (tertiary/aromatic N) is 3. The van der Waals surface area contributed by atoms with Crippen molar-refractivity contribution in [3.8, 4) is 0 Å². The van der Waals surface area contributed by atoms with Crippen molar-refractivity contribution < 1.29 is 9.59 Å². The van der Waals surface area contributed by atoms with Crippen molar-refractivity contribution in [3.05, 3.63) is 41.6 Å². The van der Waals surface area contributed by atoms with E-state index in [1.165, 1.54) is 4.90 Å². The molecule has 1 fully saturated rings. The maximum atomic E-state index is 12.9. The Balaban J connectivity index is 2.02. The fraction of sp³-hybridized carbons (Fsp3) is 0.444. The lowest BCUT2D eigenvalue weighted by Gasteiger charge is -2.34. The molecule has 0 spiro atoms. The highest BCUT2D eigenvalue weighted by Crippen LogP contribution is 2.32. The molecule has 0 saturated carbocycles. The lowest BCUT2D eigenvalue weighted by molar-refractivity contribution is -0.137. The molecule has 5 nitrogen and oxygen atoms in total. The van der Waals surface area contributed by atoms with Gasteiger partial charge < -0.3 is 9.80 Å². The van der Waals surface area contributed by atoms with Crippen LogP contribution in [0, 0.1) is 0 Å². The van der Waals surface area contributed by atoms with Gasteiger partial charge in [-0.05, 0) is 19.0 Å². The van der Waals surface area contributed by atoms with Crippen LogP contribution >= 0.6 is 0 Å². The van der Waals surface area contributed by atoms with Crippen molar-refractivity contribution in [3.63, 3.8) is 0 Å². The summed E-state index contributed by atoms with van der Waals surface area (Å²) in [6.45, 7) is 5.83. The molecule has 1 aromatic rings. The molecule has 2 amide bonds. The molecule has 1 aromatic carbocycles. The van der Waals surface area contributed by atoms with Gasteiger partial charge in [-0.15, -0.1) is 0 Å². The van der Waals surface area contributed by atoms with Crippen molar-refractivity contribution >= 4 is 17.4 Å². The lowest BCUT2D eigenvalue weighted by atomic mass is 10.0. The predicted molar refractivity (Wildman–Crippen MR) is 89.4 cm³/mol. The molecular weight excluding hydrogens is 290 g/mol. The van der Waals surface area contributed by atoms with Gasteiger partial charge in [-0.3, -0.25) is 14.5 Å². The Morgan fingerprint density at radius 3 is 2.22 bits per heavy atom. The fourth-order valence-corrected chi connectivity index (χ4v) is 3.18. The Hall–Kier alpha value is -2.14. The molecule has 0 aromatic heterocycles. The van der Waals surface area contributed by atoms with E-state index in [0.29, 0.717) is 17.8 Å². The zero-order valence-electron chi connectivity index (χ0n) is 13.8. The highest BCUT2D eigenvalue weighted by Gasteiger charge is 2.41. The molecule has 0 radical (unpaired) electrons. The Kier molecular flexibility index (Phi) is 4.48. The van der Waals surface area contributed by atoms with E-state index in [-0.39, 0.29) is 11.8 Å². The smallest absolute Gasteiger partial charge is 0.277 e. The molecule has 0 atom stereocenters. The SMILES string of the molecule is CCCN1C(=O)C(c2ccccc2)=C(N2CCN(C)CC2)C1=O. The summed E-state index contributed by atoms with van der Waals surface area (Å²) in [6.07, 6.45) is 0.773. The Bertz CT molecular complexity index is 631. The van der Waals surface area contributed by atoms with Gasteiger partial charge in [0.2, 0.25) is 0 Å². The number of piperazine rings is 1. The number of rotatable bonds is 4. The summed E-state index contributed by atoms with van der Waals surface area (Å²) in [7, 11) is 2.08. The highest BCUT2D eigenvalue weighted by molar-refractivity contribution is 6.35. The number of likely N-dealkylation sites (N-methyl/N-ethyl adjacent to an activating group) is 1. The zero-order chi connectivity index (χ0) is 16.4. The molecule has 0 aliphatic carbocycles. The minimum Gasteiger partial charge on any atom is -0.364 e. The molecule has 0 N–H and O–H groups in total. The van der Waals surface area contributed by atoms with Gasteiger partial charge in [-0.25, -0.2) is 0 Å². The summed E-state index contributed by atoms with van der Waals surface area (Å²) in [5.41, 5.74) is 1.98. The third-order valence-corrected chi connectivity index (χ3v) is 4.47. The van der Waals surface area contributed by atoms with E-state index in [2.05, 4.69) is 16.8 Å². The van der Waals surface area contributed by atoms with Crippen molar-refractivity contribution in [2.75, 3.05) is 39.8 Å². The molecule has 0 unspecified atom stereocenters. The van der Waals surface area contributed by atoms with Gasteiger partial charge in [0, 0.05) is 32.7 Å². The van der Waals surface area contributed by atoms with Crippen LogP contribution in [0.2, 0.25) is 0 Å². The highest BCUT2D eigenvalue weighted by atomic mass is 16.2. The van der Waals surface area contributed by atoms with Crippen LogP contribution in [0.4, 0.5) is 0 Å². The minimum atomic E-state index is -0.156. The predicted octanol–water partition coefficient (Wildman–Crippen LogP) is 1.42. The van der Waals surface area contributed by atoms with Crippen LogP contribution in [0.15, 0.2) is 36.0 Å². The van der Waals surface area contributed by atoms with Crippen LogP contribution in [0.1, 0.15) is 18.9 Å². The summed E-state index contributed by atoms with van der Waals surface area (Å²) < 4.78 is 0. The van der Waals surface area contributed by atoms with E-state index in [4.69, 9.17) is 0 Å². The Morgan fingerprint density at radius 2 is 1.61 bits per heavy atom. The van der Waals surface area contributed by atoms with Crippen LogP contribution in [-0.4, -0.2) is 66.3 Å². The average molecular weight is 313 g/mol. The molecule has 2 aliphatic heterocycles. The van der Waals surface area contributed by atoms with E-state index in [9.17, 15) is 9.59 Å². The first-order valence-corrected chi connectivity index (χ1v) is 8.23. The van der Waals surface area contributed by atoms with Gasteiger partial charge >= 0.3 is 0 Å². The number of amides is 2. The lowest BCUT2D eigenvalue weighted by Crippen LogP contribution is -2.46. The van der Waals surface area contributed by atoms with Crippen LogP contribution in [0.5, 0.6) is 0 Å². The van der Waals surface area contributed by atoms with Crippen LogP contribution in [-0.2, 0) is 9.59 Å². The van der Waals surface area contributed by atoms with Gasteiger partial charge in [-0.1, -0.05) is 37.3 Å². The largest absolute Gasteiger partial charge is 0.364 e. The second-order valence-electron chi connectivity index (χ2n) is 6.14. The molecule has 5 heteroatoms. The van der Waals surface area contributed by atoms with Crippen molar-refractivity contribution in [2.24, 2.45) is 0 Å². The standard InChI is InChI=1S/C18H23N3O2/c1-3-9-21-17(22)15(14-7-5-4-6-8-14)16(18(21)23)20-12-10-19(2)11-13-20/h4-8H,3,9-13H2,1-2H3. The normalized spacial score (nSPS) is 19.9. The first kappa shape index (κ1) is 15.7. The molecule has 1 saturated heterocycles. The monoisotopic (exact) mass is 313 g/mol. The minimum absolute atomic E-state index is 0.139. The maximum Gasteiger partial charge on any atom is 0.277 e. The third kappa shape index (κ3) is 2.88. The van der Waals surface area contributed by atoms with Crippen molar-refractivity contribution in [1.29, 1.82) is 0 Å². The van der Waals surface area contributed by atoms with Crippen molar-refractivity contribution in [1.82, 2.24) is 14.7 Å². The molecule has 2 aliphatic rings. The molecule has 23 heavy (non-hydrogen) atoms. The average Bonchev–Trinajstić information content (AvgIpc) is 2.81. The van der Waals surface area contributed by atoms with Gasteiger partial charge in [0.05, 0.1) is 5.57 Å². The molecule has 122 valence electrons. The second-order valence-corrected chi connectivity index (χ2v) is 6.14. The summed E-state index contributed by atoms with van der Waals surface area (Å²) in [4.78, 5) is 31.4. The number of benzene rings is 1. The van der Waals surface area contributed by atoms with E-state index < -0.39 is 0 Å². The summed E-state index contributed by atoms with van der Waals surface area (Å²) in [5, 5.41) is 0. The first-order valence-electron chi connectivity index (χ1n) is 8.23. The molecular formula is C18H23N3O2. The topological polar surface area (TPSA) is 43.9 Å². The van der Waals surface area contributed by atoms with Gasteiger partial charge in [0.15, 0.2) is 0 Å². The fourth-order valence-electron chi connectivity index (χ4n) is 3.18. The molecule has 0 bridgehead atoms. The summed E-state index contributed by atoms with van der Waals surface area (Å²) in [6, 6.07) is 9.55. The maximum absolute atomic E-state index is 12.9. The number of hydrogen-bond acceptors (Lipinski definition) is 4. The van der Waals surface area contributed by atoms with Crippen LogP contribution in [0.3, 0.4) is 0 Å². The van der Waals surface area contributed by atoms with Crippen LogP contribution < -0.4 is 0 Å². The van der Waals surface area contributed by atoms with Crippen molar-refractivity contribution in [2.45, 2.75) is 13.3 Å².